The molecule has 0 radical (unpaired) electrons. The summed E-state index contributed by atoms with van der Waals surface area (Å²) in [4.78, 5) is 0. The van der Waals surface area contributed by atoms with Crippen LogP contribution in [0.2, 0.25) is 0 Å². The molecule has 1 N–H and O–H groups in total. The lowest BCUT2D eigenvalue weighted by Crippen LogP contribution is -2.00. The number of allylic oxidation sites excluding steroid dienone is 2. The molecule has 0 rings (SSSR count). The molecule has 76 valence electrons. The second-order valence-electron chi connectivity index (χ2n) is 3.01. The lowest BCUT2D eigenvalue weighted by atomic mass is 10.1. The van der Waals surface area contributed by atoms with Gasteiger partial charge in [0, 0.05) is 0 Å². The standard InChI is InChI=1S/C11H20O2/c1-3-4-5-8-11(12)9-6-7-10-13-2/h6-7,9-12H,3-5,8H2,1-2H3/b9-6+,10-7+. The van der Waals surface area contributed by atoms with Crippen LogP contribution in [0, 0.1) is 0 Å². The first kappa shape index (κ1) is 12.2. The molecule has 0 aromatic heterocycles. The van der Waals surface area contributed by atoms with Gasteiger partial charge < -0.3 is 9.84 Å². The van der Waals surface area contributed by atoms with Gasteiger partial charge in [-0.2, -0.15) is 0 Å². The zero-order chi connectivity index (χ0) is 9.94. The van der Waals surface area contributed by atoms with Gasteiger partial charge in [-0.25, -0.2) is 0 Å². The van der Waals surface area contributed by atoms with Gasteiger partial charge in [0.15, 0.2) is 0 Å². The minimum absolute atomic E-state index is 0.312. The van der Waals surface area contributed by atoms with Crippen molar-refractivity contribution in [1.82, 2.24) is 0 Å². The number of ether oxygens (including phenoxy) is 1. The van der Waals surface area contributed by atoms with Crippen LogP contribution < -0.4 is 0 Å². The van der Waals surface area contributed by atoms with E-state index in [1.807, 2.05) is 0 Å². The summed E-state index contributed by atoms with van der Waals surface area (Å²) in [6.45, 7) is 2.16. The third-order valence-electron chi connectivity index (χ3n) is 1.76. The highest BCUT2D eigenvalue weighted by molar-refractivity contribution is 5.02. The maximum atomic E-state index is 9.41. The smallest absolute Gasteiger partial charge is 0.0824 e. The van der Waals surface area contributed by atoms with Crippen LogP contribution in [-0.2, 0) is 4.74 Å². The van der Waals surface area contributed by atoms with Crippen LogP contribution in [0.15, 0.2) is 24.5 Å². The van der Waals surface area contributed by atoms with E-state index in [0.717, 1.165) is 12.8 Å². The van der Waals surface area contributed by atoms with E-state index in [-0.39, 0.29) is 6.10 Å². The Labute approximate surface area is 80.9 Å². The van der Waals surface area contributed by atoms with Gasteiger partial charge in [-0.1, -0.05) is 38.3 Å². The third-order valence-corrected chi connectivity index (χ3v) is 1.76. The predicted molar refractivity (Wildman–Crippen MR) is 55.4 cm³/mol. The van der Waals surface area contributed by atoms with E-state index >= 15 is 0 Å². The highest BCUT2D eigenvalue weighted by atomic mass is 16.5. The zero-order valence-electron chi connectivity index (χ0n) is 8.57. The molecule has 2 heteroatoms. The minimum Gasteiger partial charge on any atom is -0.504 e. The van der Waals surface area contributed by atoms with Crippen LogP contribution in [0.25, 0.3) is 0 Å². The molecule has 0 aliphatic carbocycles. The maximum absolute atomic E-state index is 9.41. The normalized spacial score (nSPS) is 14.1. The number of aliphatic hydroxyl groups excluding tert-OH is 1. The fraction of sp³-hybridized carbons (Fsp3) is 0.636. The van der Waals surface area contributed by atoms with Gasteiger partial charge in [0.2, 0.25) is 0 Å². The van der Waals surface area contributed by atoms with Crippen LogP contribution in [0.1, 0.15) is 32.6 Å². The van der Waals surface area contributed by atoms with Crippen LogP contribution in [-0.4, -0.2) is 18.3 Å². The van der Waals surface area contributed by atoms with Gasteiger partial charge >= 0.3 is 0 Å². The number of methoxy groups -OCH3 is 1. The third kappa shape index (κ3) is 9.15. The first-order valence-electron chi connectivity index (χ1n) is 4.85. The molecular formula is C11H20O2. The number of hydrogen-bond acceptors (Lipinski definition) is 2. The summed E-state index contributed by atoms with van der Waals surface area (Å²) in [5.41, 5.74) is 0. The highest BCUT2D eigenvalue weighted by Crippen LogP contribution is 2.03. The number of unbranched alkanes of at least 4 members (excludes halogenated alkanes) is 2. The van der Waals surface area contributed by atoms with Gasteiger partial charge in [0.05, 0.1) is 19.5 Å². The van der Waals surface area contributed by atoms with E-state index in [1.165, 1.54) is 12.8 Å². The zero-order valence-corrected chi connectivity index (χ0v) is 8.57. The van der Waals surface area contributed by atoms with E-state index in [9.17, 15) is 5.11 Å². The van der Waals surface area contributed by atoms with E-state index < -0.39 is 0 Å². The summed E-state index contributed by atoms with van der Waals surface area (Å²) >= 11 is 0. The topological polar surface area (TPSA) is 29.5 Å². The van der Waals surface area contributed by atoms with Gasteiger partial charge in [-0.3, -0.25) is 0 Å². The molecule has 0 aliphatic heterocycles. The number of rotatable bonds is 7. The largest absolute Gasteiger partial charge is 0.504 e. The molecular weight excluding hydrogens is 164 g/mol. The Kier molecular flexibility index (Phi) is 8.78. The Balaban J connectivity index is 3.43. The van der Waals surface area contributed by atoms with Crippen molar-refractivity contribution in [1.29, 1.82) is 0 Å². The van der Waals surface area contributed by atoms with Crippen molar-refractivity contribution in [3.05, 3.63) is 24.5 Å². The van der Waals surface area contributed by atoms with Gasteiger partial charge in [0.25, 0.3) is 0 Å². The molecule has 1 atom stereocenters. The Morgan fingerprint density at radius 2 is 2.08 bits per heavy atom. The van der Waals surface area contributed by atoms with E-state index in [0.29, 0.717) is 0 Å². The molecule has 1 unspecified atom stereocenters. The average Bonchev–Trinajstić information content (AvgIpc) is 2.13. The molecule has 0 aromatic carbocycles. The second-order valence-corrected chi connectivity index (χ2v) is 3.01. The van der Waals surface area contributed by atoms with Crippen molar-refractivity contribution in [2.75, 3.05) is 7.11 Å². The summed E-state index contributed by atoms with van der Waals surface area (Å²) in [5.74, 6) is 0. The number of hydrogen-bond donors (Lipinski definition) is 1. The fourth-order valence-electron chi connectivity index (χ4n) is 1.02. The molecule has 0 fully saturated rings. The number of aliphatic hydroxyl groups is 1. The van der Waals surface area contributed by atoms with Crippen molar-refractivity contribution in [2.45, 2.75) is 38.7 Å². The van der Waals surface area contributed by atoms with Crippen LogP contribution >= 0.6 is 0 Å². The lowest BCUT2D eigenvalue weighted by molar-refractivity contribution is 0.208. The Morgan fingerprint density at radius 1 is 1.31 bits per heavy atom. The molecule has 0 saturated heterocycles. The maximum Gasteiger partial charge on any atom is 0.0824 e. The summed E-state index contributed by atoms with van der Waals surface area (Å²) in [7, 11) is 1.60. The first-order chi connectivity index (χ1) is 6.31. The van der Waals surface area contributed by atoms with Crippen LogP contribution in [0.5, 0.6) is 0 Å². The monoisotopic (exact) mass is 184 g/mol. The lowest BCUT2D eigenvalue weighted by Gasteiger charge is -2.02. The molecule has 0 aliphatic rings. The Hall–Kier alpha value is -0.760. The van der Waals surface area contributed by atoms with Crippen LogP contribution in [0.3, 0.4) is 0 Å². The Morgan fingerprint density at radius 3 is 2.69 bits per heavy atom. The fourth-order valence-corrected chi connectivity index (χ4v) is 1.02. The van der Waals surface area contributed by atoms with E-state index in [1.54, 1.807) is 31.6 Å². The average molecular weight is 184 g/mol. The highest BCUT2D eigenvalue weighted by Gasteiger charge is 1.96. The molecule has 0 aromatic rings. The molecule has 2 nitrogen and oxygen atoms in total. The van der Waals surface area contributed by atoms with Gasteiger partial charge in [0.1, 0.15) is 0 Å². The molecule has 0 heterocycles. The Bertz CT molecular complexity index is 150. The molecule has 13 heavy (non-hydrogen) atoms. The first-order valence-corrected chi connectivity index (χ1v) is 4.85. The van der Waals surface area contributed by atoms with Crippen molar-refractivity contribution in [3.8, 4) is 0 Å². The summed E-state index contributed by atoms with van der Waals surface area (Å²) in [6.07, 6.45) is 11.0. The SMILES string of the molecule is CCCCCC(O)/C=C/C=C/OC. The predicted octanol–water partition coefficient (Wildman–Crippen LogP) is 2.64. The van der Waals surface area contributed by atoms with Gasteiger partial charge in [-0.15, -0.1) is 0 Å². The quantitative estimate of drug-likeness (QED) is 0.374. The second kappa shape index (κ2) is 9.33. The van der Waals surface area contributed by atoms with Crippen molar-refractivity contribution in [3.63, 3.8) is 0 Å². The van der Waals surface area contributed by atoms with Gasteiger partial charge in [-0.05, 0) is 12.5 Å². The van der Waals surface area contributed by atoms with Crippen LogP contribution in [0.4, 0.5) is 0 Å². The summed E-state index contributed by atoms with van der Waals surface area (Å²) in [5, 5.41) is 9.41. The van der Waals surface area contributed by atoms with Crippen molar-refractivity contribution in [2.24, 2.45) is 0 Å². The molecule has 0 saturated carbocycles. The summed E-state index contributed by atoms with van der Waals surface area (Å²) < 4.78 is 4.71. The van der Waals surface area contributed by atoms with Crippen molar-refractivity contribution < 1.29 is 9.84 Å². The molecule has 0 spiro atoms. The van der Waals surface area contributed by atoms with Crippen molar-refractivity contribution >= 4 is 0 Å². The molecule has 0 amide bonds. The minimum atomic E-state index is -0.312. The summed E-state index contributed by atoms with van der Waals surface area (Å²) in [6, 6.07) is 0. The van der Waals surface area contributed by atoms with E-state index in [4.69, 9.17) is 4.74 Å². The van der Waals surface area contributed by atoms with E-state index in [2.05, 4.69) is 6.92 Å². The molecule has 0 bridgehead atoms.